The fraction of sp³-hybridized carbons (Fsp3) is 0. The molecule has 0 saturated carbocycles. The van der Waals surface area contributed by atoms with Crippen LogP contribution in [-0.4, -0.2) is 0 Å². The van der Waals surface area contributed by atoms with Gasteiger partial charge in [-0.1, -0.05) is 315 Å². The van der Waals surface area contributed by atoms with Crippen LogP contribution in [0, 0.1) is 0 Å². The van der Waals surface area contributed by atoms with E-state index in [0.29, 0.717) is 0 Å². The van der Waals surface area contributed by atoms with Crippen molar-refractivity contribution in [2.45, 2.75) is 0 Å². The minimum Gasteiger partial charge on any atom is -0.455 e. The molecule has 0 amide bonds. The second-order valence-corrected chi connectivity index (χ2v) is 25.9. The molecule has 0 fully saturated rings. The molecule has 18 rings (SSSR count). The first-order chi connectivity index (χ1) is 50.1. The summed E-state index contributed by atoms with van der Waals surface area (Å²) in [4.78, 5) is 4.76. The maximum atomic E-state index is 6.86. The number of hydrogen-bond donors (Lipinski definition) is 0. The van der Waals surface area contributed by atoms with Crippen LogP contribution in [0.4, 0.5) is 34.1 Å². The van der Waals surface area contributed by atoms with Gasteiger partial charge >= 0.3 is 0 Å². The Morgan fingerprint density at radius 2 is 0.465 bits per heavy atom. The Hall–Kier alpha value is -13.3. The summed E-state index contributed by atoms with van der Waals surface area (Å²) in [6, 6.07) is 145. The van der Waals surface area contributed by atoms with E-state index >= 15 is 0 Å². The molecule has 3 nitrogen and oxygen atoms in total. The number of nitrogens with zero attached hydrogens (tertiary/aromatic N) is 2. The molecule has 18 aromatic rings. The molecule has 101 heavy (non-hydrogen) atoms. The molecular formula is C98H66N2O. The molecule has 0 spiro atoms. The van der Waals surface area contributed by atoms with Gasteiger partial charge in [0.05, 0.1) is 11.4 Å². The molecule has 0 atom stereocenters. The van der Waals surface area contributed by atoms with Gasteiger partial charge in [0.25, 0.3) is 0 Å². The van der Waals surface area contributed by atoms with Gasteiger partial charge in [0.1, 0.15) is 11.2 Å². The van der Waals surface area contributed by atoms with Crippen molar-refractivity contribution in [2.75, 3.05) is 9.80 Å². The summed E-state index contributed by atoms with van der Waals surface area (Å²) in [6.07, 6.45) is 0. The average molecular weight is 1290 g/mol. The van der Waals surface area contributed by atoms with Crippen LogP contribution in [0.3, 0.4) is 0 Å². The van der Waals surface area contributed by atoms with E-state index in [-0.39, 0.29) is 0 Å². The molecule has 3 heteroatoms. The fourth-order valence-electron chi connectivity index (χ4n) is 14.8. The highest BCUT2D eigenvalue weighted by Crippen LogP contribution is 2.46. The van der Waals surface area contributed by atoms with Crippen LogP contribution in [0.15, 0.2) is 405 Å². The standard InChI is InChI=1S/C98H66N2O/c1-5-20-67(21-6-1)68-42-53-82(54-43-68)99(95-36-17-30-74-28-13-15-32-88(74)95)83-55-46-71(47-56-83)80-51-62-87(73-24-9-3-10-25-73)93(65-80)78-40-38-69(39-41-78)81-52-63-97-94(66-81)91-35-19-34-90(98(91)101-97)77-48-59-85(60-49-77)100(96-37-18-31-75-29-14-16-33-89(75)96)84-57-44-70(45-58-84)79-50-61-86(72-22-7-2-8-23-72)92(64-79)76-26-11-4-12-27-76/h1-66H. The monoisotopic (exact) mass is 1290 g/mol. The van der Waals surface area contributed by atoms with E-state index in [9.17, 15) is 0 Å². The number of furan rings is 1. The molecule has 0 aliphatic heterocycles. The molecule has 0 aliphatic carbocycles. The van der Waals surface area contributed by atoms with Gasteiger partial charge in [0, 0.05) is 49.9 Å². The number of para-hydroxylation sites is 1. The number of benzene rings is 17. The highest BCUT2D eigenvalue weighted by molar-refractivity contribution is 6.11. The molecule has 17 aromatic carbocycles. The second-order valence-electron chi connectivity index (χ2n) is 25.9. The molecular weight excluding hydrogens is 1220 g/mol. The van der Waals surface area contributed by atoms with Crippen LogP contribution in [-0.2, 0) is 0 Å². The lowest BCUT2D eigenvalue weighted by Crippen LogP contribution is -2.10. The van der Waals surface area contributed by atoms with E-state index in [4.69, 9.17) is 4.42 Å². The van der Waals surface area contributed by atoms with Crippen LogP contribution in [0.2, 0.25) is 0 Å². The van der Waals surface area contributed by atoms with E-state index in [1.165, 1.54) is 77.2 Å². The SMILES string of the molecule is c1ccc(-c2ccc(N(c3ccc(-c4ccc(-c5ccccc5)c(-c5ccc(-c6ccc7oc8c(-c9ccc(N(c%10ccc(-c%11ccc(-c%12ccccc%12)c(-c%12ccccc%12)c%11)cc%10)c%10cccc%11ccccc%10%11)cc9)cccc8c7c6)cc5)c4)cc3)c3cccc4ccccc34)cc2)cc1. The van der Waals surface area contributed by atoms with Crippen molar-refractivity contribution in [3.63, 3.8) is 0 Å². The van der Waals surface area contributed by atoms with Gasteiger partial charge in [0.2, 0.25) is 0 Å². The molecule has 1 aromatic heterocycles. The Labute approximate surface area is 588 Å². The van der Waals surface area contributed by atoms with Gasteiger partial charge in [-0.05, 0) is 190 Å². The smallest absolute Gasteiger partial charge is 0.143 e. The van der Waals surface area contributed by atoms with Gasteiger partial charge < -0.3 is 14.2 Å². The first-order valence-corrected chi connectivity index (χ1v) is 34.6. The lowest BCUT2D eigenvalue weighted by atomic mass is 9.90. The van der Waals surface area contributed by atoms with Crippen LogP contribution in [0.1, 0.15) is 0 Å². The van der Waals surface area contributed by atoms with E-state index < -0.39 is 0 Å². The van der Waals surface area contributed by atoms with Crippen molar-refractivity contribution in [1.82, 2.24) is 0 Å². The van der Waals surface area contributed by atoms with Crippen LogP contribution >= 0.6 is 0 Å². The van der Waals surface area contributed by atoms with Crippen molar-refractivity contribution >= 4 is 77.6 Å². The third-order valence-corrected chi connectivity index (χ3v) is 19.9. The Kier molecular flexibility index (Phi) is 15.6. The van der Waals surface area contributed by atoms with Crippen LogP contribution in [0.25, 0.3) is 144 Å². The highest BCUT2D eigenvalue weighted by Gasteiger charge is 2.21. The number of fused-ring (bicyclic) bond motifs is 5. The van der Waals surface area contributed by atoms with Gasteiger partial charge in [-0.25, -0.2) is 0 Å². The van der Waals surface area contributed by atoms with Crippen LogP contribution < -0.4 is 9.80 Å². The van der Waals surface area contributed by atoms with E-state index in [1.807, 2.05) is 0 Å². The Morgan fingerprint density at radius 3 is 0.931 bits per heavy atom. The summed E-state index contributed by atoms with van der Waals surface area (Å²) in [6.45, 7) is 0. The quantitative estimate of drug-likeness (QED) is 0.102. The maximum absolute atomic E-state index is 6.86. The highest BCUT2D eigenvalue weighted by atomic mass is 16.3. The van der Waals surface area contributed by atoms with Crippen LogP contribution in [0.5, 0.6) is 0 Å². The average Bonchev–Trinajstić information content (AvgIpc) is 1.75. The summed E-state index contributed by atoms with van der Waals surface area (Å²) >= 11 is 0. The first kappa shape index (κ1) is 60.1. The normalized spacial score (nSPS) is 11.4. The lowest BCUT2D eigenvalue weighted by molar-refractivity contribution is 0.670. The molecule has 0 bridgehead atoms. The lowest BCUT2D eigenvalue weighted by Gasteiger charge is -2.27. The third-order valence-electron chi connectivity index (χ3n) is 19.9. The zero-order valence-electron chi connectivity index (χ0n) is 55.4. The van der Waals surface area contributed by atoms with E-state index in [0.717, 1.165) is 101 Å². The van der Waals surface area contributed by atoms with Gasteiger partial charge in [-0.3, -0.25) is 0 Å². The minimum atomic E-state index is 0.856. The molecule has 0 N–H and O–H groups in total. The summed E-state index contributed by atoms with van der Waals surface area (Å²) in [5.74, 6) is 0. The molecule has 474 valence electrons. The van der Waals surface area contributed by atoms with E-state index in [1.54, 1.807) is 0 Å². The zero-order chi connectivity index (χ0) is 67.0. The first-order valence-electron chi connectivity index (χ1n) is 34.6. The molecule has 0 unspecified atom stereocenters. The van der Waals surface area contributed by atoms with Crippen molar-refractivity contribution < 1.29 is 4.42 Å². The van der Waals surface area contributed by atoms with Gasteiger partial charge in [-0.2, -0.15) is 0 Å². The fourth-order valence-corrected chi connectivity index (χ4v) is 14.8. The maximum Gasteiger partial charge on any atom is 0.143 e. The van der Waals surface area contributed by atoms with Gasteiger partial charge in [0.15, 0.2) is 0 Å². The summed E-state index contributed by atoms with van der Waals surface area (Å²) in [5, 5.41) is 6.93. The molecule has 0 radical (unpaired) electrons. The van der Waals surface area contributed by atoms with E-state index in [2.05, 4.69) is 410 Å². The minimum absolute atomic E-state index is 0.856. The van der Waals surface area contributed by atoms with Crippen molar-refractivity contribution in [2.24, 2.45) is 0 Å². The largest absolute Gasteiger partial charge is 0.455 e. The Bertz CT molecular complexity index is 6000. The number of hydrogen-bond acceptors (Lipinski definition) is 3. The topological polar surface area (TPSA) is 19.6 Å². The second kappa shape index (κ2) is 26.2. The van der Waals surface area contributed by atoms with Crippen molar-refractivity contribution in [3.8, 4) is 100 Å². The predicted molar refractivity (Wildman–Crippen MR) is 427 cm³/mol. The zero-order valence-corrected chi connectivity index (χ0v) is 55.4. The Morgan fingerprint density at radius 1 is 0.168 bits per heavy atom. The third kappa shape index (κ3) is 11.6. The number of anilines is 6. The summed E-state index contributed by atoms with van der Waals surface area (Å²) in [7, 11) is 0. The van der Waals surface area contributed by atoms with Gasteiger partial charge in [-0.15, -0.1) is 0 Å². The molecule has 0 aliphatic rings. The Balaban J connectivity index is 0.642. The number of rotatable bonds is 15. The van der Waals surface area contributed by atoms with Crippen molar-refractivity contribution in [1.29, 1.82) is 0 Å². The molecule has 0 saturated heterocycles. The summed E-state index contributed by atoms with van der Waals surface area (Å²) in [5.41, 5.74) is 29.2. The predicted octanol–water partition coefficient (Wildman–Crippen LogP) is 27.8. The molecule has 1 heterocycles. The van der Waals surface area contributed by atoms with Crippen molar-refractivity contribution in [3.05, 3.63) is 400 Å². The summed E-state index contributed by atoms with van der Waals surface area (Å²) < 4.78 is 6.86.